The highest BCUT2D eigenvalue weighted by atomic mass is 35.5. The molecule has 5 nitrogen and oxygen atoms in total. The van der Waals surface area contributed by atoms with Gasteiger partial charge in [0.1, 0.15) is 6.33 Å². The minimum atomic E-state index is -1.06. The number of aromatic nitrogens is 2. The van der Waals surface area contributed by atoms with E-state index >= 15 is 0 Å². The predicted octanol–water partition coefficient (Wildman–Crippen LogP) is 2.74. The van der Waals surface area contributed by atoms with Crippen molar-refractivity contribution in [2.45, 2.75) is 0 Å². The number of halogens is 1. The lowest BCUT2D eigenvalue weighted by molar-refractivity contribution is 0.0697. The van der Waals surface area contributed by atoms with Gasteiger partial charge in [0.05, 0.1) is 22.2 Å². The molecule has 104 valence electrons. The van der Waals surface area contributed by atoms with Gasteiger partial charge in [0, 0.05) is 5.02 Å². The summed E-state index contributed by atoms with van der Waals surface area (Å²) in [7, 11) is 0. The SMILES string of the molecule is O=C(O)c1ccc2c(=O)n(-c3cccc(Cl)c3)cnc2c1. The van der Waals surface area contributed by atoms with Crippen LogP contribution in [0.25, 0.3) is 16.6 Å². The summed E-state index contributed by atoms with van der Waals surface area (Å²) >= 11 is 5.92. The minimum Gasteiger partial charge on any atom is -0.478 e. The molecule has 0 atom stereocenters. The normalized spacial score (nSPS) is 10.7. The Morgan fingerprint density at radius 2 is 2.00 bits per heavy atom. The molecule has 0 aliphatic heterocycles. The quantitative estimate of drug-likeness (QED) is 0.790. The van der Waals surface area contributed by atoms with Crippen molar-refractivity contribution < 1.29 is 9.90 Å². The van der Waals surface area contributed by atoms with Crippen LogP contribution >= 0.6 is 11.6 Å². The second-order valence-electron chi connectivity index (χ2n) is 4.44. The van der Waals surface area contributed by atoms with E-state index in [4.69, 9.17) is 16.7 Å². The van der Waals surface area contributed by atoms with Gasteiger partial charge in [-0.1, -0.05) is 17.7 Å². The van der Waals surface area contributed by atoms with Crippen LogP contribution in [-0.4, -0.2) is 20.6 Å². The maximum absolute atomic E-state index is 12.5. The molecule has 2 aromatic carbocycles. The molecule has 0 radical (unpaired) electrons. The van der Waals surface area contributed by atoms with Gasteiger partial charge in [0.15, 0.2) is 0 Å². The molecule has 21 heavy (non-hydrogen) atoms. The third-order valence-corrected chi connectivity index (χ3v) is 3.33. The largest absolute Gasteiger partial charge is 0.478 e. The van der Waals surface area contributed by atoms with E-state index in [-0.39, 0.29) is 11.1 Å². The number of carboxylic acid groups (broad SMARTS) is 1. The highest BCUT2D eigenvalue weighted by molar-refractivity contribution is 6.30. The highest BCUT2D eigenvalue weighted by Crippen LogP contribution is 2.15. The number of aromatic carboxylic acids is 1. The van der Waals surface area contributed by atoms with Crippen molar-refractivity contribution in [3.63, 3.8) is 0 Å². The first-order valence-corrected chi connectivity index (χ1v) is 6.45. The number of benzene rings is 2. The molecule has 0 amide bonds. The van der Waals surface area contributed by atoms with Crippen LogP contribution in [0.4, 0.5) is 0 Å². The van der Waals surface area contributed by atoms with E-state index in [2.05, 4.69) is 4.98 Å². The third-order valence-electron chi connectivity index (χ3n) is 3.09. The molecular weight excluding hydrogens is 292 g/mol. The number of rotatable bonds is 2. The van der Waals surface area contributed by atoms with Crippen LogP contribution < -0.4 is 5.56 Å². The van der Waals surface area contributed by atoms with Gasteiger partial charge < -0.3 is 5.11 Å². The molecule has 0 saturated heterocycles. The first-order valence-electron chi connectivity index (χ1n) is 6.07. The lowest BCUT2D eigenvalue weighted by Gasteiger charge is -2.07. The Morgan fingerprint density at radius 1 is 1.19 bits per heavy atom. The van der Waals surface area contributed by atoms with Crippen molar-refractivity contribution >= 4 is 28.5 Å². The average molecular weight is 301 g/mol. The second kappa shape index (κ2) is 5.03. The first kappa shape index (κ1) is 13.3. The van der Waals surface area contributed by atoms with Crippen molar-refractivity contribution in [2.24, 2.45) is 0 Å². The summed E-state index contributed by atoms with van der Waals surface area (Å²) in [6.07, 6.45) is 1.36. The van der Waals surface area contributed by atoms with E-state index in [1.807, 2.05) is 0 Å². The molecule has 0 spiro atoms. The van der Waals surface area contributed by atoms with E-state index in [0.29, 0.717) is 21.6 Å². The smallest absolute Gasteiger partial charge is 0.335 e. The Morgan fingerprint density at radius 3 is 2.71 bits per heavy atom. The number of nitrogens with zero attached hydrogens (tertiary/aromatic N) is 2. The second-order valence-corrected chi connectivity index (χ2v) is 4.87. The molecule has 0 saturated carbocycles. The number of carbonyl (C=O) groups is 1. The number of hydrogen-bond acceptors (Lipinski definition) is 3. The van der Waals surface area contributed by atoms with Crippen LogP contribution in [0.2, 0.25) is 5.02 Å². The van der Waals surface area contributed by atoms with Gasteiger partial charge in [0.25, 0.3) is 5.56 Å². The third kappa shape index (κ3) is 2.39. The summed E-state index contributed by atoms with van der Waals surface area (Å²) in [6, 6.07) is 11.1. The molecule has 0 aliphatic rings. The van der Waals surface area contributed by atoms with Crippen LogP contribution in [0, 0.1) is 0 Å². The van der Waals surface area contributed by atoms with Gasteiger partial charge in [-0.25, -0.2) is 9.78 Å². The van der Waals surface area contributed by atoms with Gasteiger partial charge in [-0.15, -0.1) is 0 Å². The molecule has 0 bridgehead atoms. The highest BCUT2D eigenvalue weighted by Gasteiger charge is 2.09. The van der Waals surface area contributed by atoms with Gasteiger partial charge in [-0.05, 0) is 36.4 Å². The minimum absolute atomic E-state index is 0.0925. The maximum Gasteiger partial charge on any atom is 0.335 e. The molecule has 1 aromatic heterocycles. The maximum atomic E-state index is 12.5. The predicted molar refractivity (Wildman–Crippen MR) is 79.3 cm³/mol. The van der Waals surface area contributed by atoms with Crippen LogP contribution in [0.3, 0.4) is 0 Å². The Kier molecular flexibility index (Phi) is 3.19. The van der Waals surface area contributed by atoms with Gasteiger partial charge in [-0.3, -0.25) is 9.36 Å². The summed E-state index contributed by atoms with van der Waals surface area (Å²) in [6.45, 7) is 0. The first-order chi connectivity index (χ1) is 10.1. The number of hydrogen-bond donors (Lipinski definition) is 1. The molecule has 1 heterocycles. The van der Waals surface area contributed by atoms with E-state index in [0.717, 1.165) is 0 Å². The lowest BCUT2D eigenvalue weighted by atomic mass is 10.1. The van der Waals surface area contributed by atoms with Gasteiger partial charge in [-0.2, -0.15) is 0 Å². The van der Waals surface area contributed by atoms with Crippen molar-refractivity contribution in [1.29, 1.82) is 0 Å². The van der Waals surface area contributed by atoms with Crippen LogP contribution in [0.5, 0.6) is 0 Å². The molecule has 6 heteroatoms. The molecular formula is C15H9ClN2O3. The zero-order valence-corrected chi connectivity index (χ0v) is 11.4. The molecule has 0 unspecified atom stereocenters. The zero-order valence-electron chi connectivity index (χ0n) is 10.7. The van der Waals surface area contributed by atoms with E-state index in [1.54, 1.807) is 24.3 Å². The summed E-state index contributed by atoms with van der Waals surface area (Å²) in [4.78, 5) is 27.5. The lowest BCUT2D eigenvalue weighted by Crippen LogP contribution is -2.19. The van der Waals surface area contributed by atoms with Crippen molar-refractivity contribution in [3.8, 4) is 5.69 Å². The fraction of sp³-hybridized carbons (Fsp3) is 0. The Labute approximate surface area is 124 Å². The Hall–Kier alpha value is -2.66. The Bertz CT molecular complexity index is 918. The van der Waals surface area contributed by atoms with Gasteiger partial charge >= 0.3 is 5.97 Å². The standard InChI is InChI=1S/C15H9ClN2O3/c16-10-2-1-3-11(7-10)18-8-17-13-6-9(15(20)21)4-5-12(13)14(18)19/h1-8H,(H,20,21). The van der Waals surface area contributed by atoms with E-state index < -0.39 is 5.97 Å². The van der Waals surface area contributed by atoms with E-state index in [9.17, 15) is 9.59 Å². The molecule has 1 N–H and O–H groups in total. The van der Waals surface area contributed by atoms with Crippen molar-refractivity contribution in [1.82, 2.24) is 9.55 Å². The molecule has 3 rings (SSSR count). The van der Waals surface area contributed by atoms with Crippen LogP contribution in [-0.2, 0) is 0 Å². The molecule has 0 fully saturated rings. The number of carboxylic acids is 1. The van der Waals surface area contributed by atoms with Gasteiger partial charge in [0.2, 0.25) is 0 Å². The van der Waals surface area contributed by atoms with Crippen molar-refractivity contribution in [3.05, 3.63) is 69.7 Å². The summed E-state index contributed by atoms with van der Waals surface area (Å²) in [5.41, 5.74) is 0.761. The summed E-state index contributed by atoms with van der Waals surface area (Å²) in [5, 5.41) is 9.82. The average Bonchev–Trinajstić information content (AvgIpc) is 2.47. The zero-order chi connectivity index (χ0) is 15.0. The Balaban J connectivity index is 2.24. The monoisotopic (exact) mass is 300 g/mol. The fourth-order valence-corrected chi connectivity index (χ4v) is 2.25. The summed E-state index contributed by atoms with van der Waals surface area (Å²) < 4.78 is 1.37. The topological polar surface area (TPSA) is 72.2 Å². The summed E-state index contributed by atoms with van der Waals surface area (Å²) in [5.74, 6) is -1.06. The van der Waals surface area contributed by atoms with Crippen LogP contribution in [0.1, 0.15) is 10.4 Å². The van der Waals surface area contributed by atoms with Crippen LogP contribution in [0.15, 0.2) is 53.6 Å². The van der Waals surface area contributed by atoms with E-state index in [1.165, 1.54) is 29.1 Å². The molecule has 0 aliphatic carbocycles. The fourth-order valence-electron chi connectivity index (χ4n) is 2.06. The van der Waals surface area contributed by atoms with Crippen molar-refractivity contribution in [2.75, 3.05) is 0 Å². The molecule has 3 aromatic rings. The number of fused-ring (bicyclic) bond motifs is 1.